The Morgan fingerprint density at radius 3 is 2.39 bits per heavy atom. The minimum Gasteiger partial charge on any atom is -0.354 e. The van der Waals surface area contributed by atoms with Gasteiger partial charge in [0.1, 0.15) is 17.5 Å². The molecule has 1 saturated heterocycles. The van der Waals surface area contributed by atoms with E-state index in [-0.39, 0.29) is 11.4 Å². The zero-order chi connectivity index (χ0) is 21.1. The molecule has 0 bridgehead atoms. The van der Waals surface area contributed by atoms with Crippen molar-refractivity contribution in [3.05, 3.63) is 21.4 Å². The summed E-state index contributed by atoms with van der Waals surface area (Å²) in [7, 11) is 1.74. The van der Waals surface area contributed by atoms with E-state index in [4.69, 9.17) is 0 Å². The van der Waals surface area contributed by atoms with Gasteiger partial charge in [-0.3, -0.25) is 0 Å². The van der Waals surface area contributed by atoms with Gasteiger partial charge in [0.2, 0.25) is 5.82 Å². The summed E-state index contributed by atoms with van der Waals surface area (Å²) in [5.41, 5.74) is -3.05. The molecule has 0 radical (unpaired) electrons. The monoisotopic (exact) mass is 466 g/mol. The SMILES string of the molecule is CN[C@@]1(C)CCN(c2c(Br)c(C(F)(F)F)c(C#N)c3nc(C(C)(F)F)nn23)C1. The maximum Gasteiger partial charge on any atom is 0.419 e. The van der Waals surface area contributed by atoms with Gasteiger partial charge in [0.25, 0.3) is 0 Å². The van der Waals surface area contributed by atoms with Crippen molar-refractivity contribution in [2.75, 3.05) is 25.0 Å². The molecular formula is C16H16BrF5N6. The predicted octanol–water partition coefficient (Wildman–Crippen LogP) is 3.68. The van der Waals surface area contributed by atoms with Crippen molar-refractivity contribution >= 4 is 27.4 Å². The Morgan fingerprint density at radius 2 is 1.93 bits per heavy atom. The average molecular weight is 467 g/mol. The van der Waals surface area contributed by atoms with Crippen LogP contribution in [-0.4, -0.2) is 40.3 Å². The highest BCUT2D eigenvalue weighted by molar-refractivity contribution is 9.10. The lowest BCUT2D eigenvalue weighted by atomic mass is 10.0. The van der Waals surface area contributed by atoms with E-state index in [1.807, 2.05) is 6.92 Å². The molecule has 28 heavy (non-hydrogen) atoms. The molecule has 1 aliphatic heterocycles. The summed E-state index contributed by atoms with van der Waals surface area (Å²) < 4.78 is 69.2. The number of aromatic nitrogens is 3. The van der Waals surface area contributed by atoms with Crippen LogP contribution in [0.3, 0.4) is 0 Å². The number of hydrogen-bond donors (Lipinski definition) is 1. The minimum absolute atomic E-state index is 0.0664. The lowest BCUT2D eigenvalue weighted by Gasteiger charge is -2.27. The van der Waals surface area contributed by atoms with E-state index in [9.17, 15) is 27.2 Å². The van der Waals surface area contributed by atoms with Gasteiger partial charge < -0.3 is 10.2 Å². The van der Waals surface area contributed by atoms with E-state index >= 15 is 0 Å². The van der Waals surface area contributed by atoms with Gasteiger partial charge in [0.05, 0.1) is 10.0 Å². The largest absolute Gasteiger partial charge is 0.419 e. The summed E-state index contributed by atoms with van der Waals surface area (Å²) in [6.45, 7) is 3.13. The summed E-state index contributed by atoms with van der Waals surface area (Å²) in [5, 5.41) is 16.2. The van der Waals surface area contributed by atoms with Crippen LogP contribution in [0.5, 0.6) is 0 Å². The van der Waals surface area contributed by atoms with Gasteiger partial charge in [0.15, 0.2) is 5.65 Å². The molecule has 0 aromatic carbocycles. The molecule has 0 aliphatic carbocycles. The maximum atomic E-state index is 13.8. The number of likely N-dealkylation sites (N-methyl/N-ethyl adjacent to an activating group) is 1. The lowest BCUT2D eigenvalue weighted by Crippen LogP contribution is -2.42. The fourth-order valence-corrected chi connectivity index (χ4v) is 4.07. The van der Waals surface area contributed by atoms with Crippen molar-refractivity contribution in [1.29, 1.82) is 5.26 Å². The van der Waals surface area contributed by atoms with E-state index in [1.165, 1.54) is 6.07 Å². The molecule has 1 aliphatic rings. The summed E-state index contributed by atoms with van der Waals surface area (Å²) in [6.07, 6.45) is -4.28. The first-order chi connectivity index (χ1) is 12.8. The number of nitriles is 1. The minimum atomic E-state index is -4.90. The summed E-state index contributed by atoms with van der Waals surface area (Å²) in [4.78, 5) is 5.18. The highest BCUT2D eigenvalue weighted by Gasteiger charge is 2.43. The van der Waals surface area contributed by atoms with E-state index < -0.39 is 39.2 Å². The Balaban J connectivity index is 2.38. The van der Waals surface area contributed by atoms with E-state index in [1.54, 1.807) is 11.9 Å². The van der Waals surface area contributed by atoms with E-state index in [2.05, 4.69) is 31.3 Å². The van der Waals surface area contributed by atoms with Gasteiger partial charge in [-0.05, 0) is 36.3 Å². The third-order valence-electron chi connectivity index (χ3n) is 4.86. The first kappa shape index (κ1) is 20.7. The molecule has 2 aromatic rings. The van der Waals surface area contributed by atoms with Crippen molar-refractivity contribution in [2.24, 2.45) is 0 Å². The number of rotatable bonds is 3. The quantitative estimate of drug-likeness (QED) is 0.698. The molecule has 3 heterocycles. The van der Waals surface area contributed by atoms with Crippen molar-refractivity contribution in [3.8, 4) is 6.07 Å². The number of pyridine rings is 1. The van der Waals surface area contributed by atoms with Gasteiger partial charge in [0, 0.05) is 25.6 Å². The third kappa shape index (κ3) is 3.30. The van der Waals surface area contributed by atoms with Crippen LogP contribution in [0.15, 0.2) is 4.47 Å². The van der Waals surface area contributed by atoms with Crippen molar-refractivity contribution in [1.82, 2.24) is 19.9 Å². The van der Waals surface area contributed by atoms with Crippen LogP contribution in [0, 0.1) is 11.3 Å². The van der Waals surface area contributed by atoms with Crippen LogP contribution in [0.4, 0.5) is 27.8 Å². The van der Waals surface area contributed by atoms with Crippen LogP contribution in [0.25, 0.3) is 5.65 Å². The molecule has 1 fully saturated rings. The molecule has 1 N–H and O–H groups in total. The highest BCUT2D eigenvalue weighted by atomic mass is 79.9. The average Bonchev–Trinajstić information content (AvgIpc) is 3.17. The van der Waals surface area contributed by atoms with E-state index in [0.29, 0.717) is 26.4 Å². The molecule has 6 nitrogen and oxygen atoms in total. The molecule has 0 amide bonds. The summed E-state index contributed by atoms with van der Waals surface area (Å²) in [6, 6.07) is 1.45. The second-order valence-corrected chi connectivity index (χ2v) is 7.83. The maximum absolute atomic E-state index is 13.8. The standard InChI is InChI=1S/C16H16BrF5N6/c1-14(24-3)4-5-27(7-14)12-10(17)9(16(20,21)22)8(6-23)11-25-13(15(2,18)19)26-28(11)12/h24H,4-5,7H2,1-3H3/t14-/m0/s1. The first-order valence-electron chi connectivity index (χ1n) is 8.24. The van der Waals surface area contributed by atoms with Crippen LogP contribution < -0.4 is 10.2 Å². The van der Waals surface area contributed by atoms with Crippen molar-refractivity contribution in [2.45, 2.75) is 37.9 Å². The first-order valence-corrected chi connectivity index (χ1v) is 9.03. The molecule has 12 heteroatoms. The summed E-state index contributed by atoms with van der Waals surface area (Å²) >= 11 is 2.95. The van der Waals surface area contributed by atoms with Gasteiger partial charge in [-0.25, -0.2) is 4.98 Å². The molecule has 2 aromatic heterocycles. The van der Waals surface area contributed by atoms with Gasteiger partial charge in [-0.2, -0.15) is 31.7 Å². The number of hydrogen-bond acceptors (Lipinski definition) is 5. The topological polar surface area (TPSA) is 69.2 Å². The molecule has 0 saturated carbocycles. The Hall–Kier alpha value is -2.00. The molecular weight excluding hydrogens is 451 g/mol. The number of anilines is 1. The smallest absolute Gasteiger partial charge is 0.354 e. The van der Waals surface area contributed by atoms with Crippen LogP contribution in [0.1, 0.15) is 37.2 Å². The molecule has 1 atom stereocenters. The Morgan fingerprint density at radius 1 is 1.29 bits per heavy atom. The van der Waals surface area contributed by atoms with E-state index in [0.717, 1.165) is 4.52 Å². The second kappa shape index (κ2) is 6.52. The van der Waals surface area contributed by atoms with Crippen LogP contribution in [0.2, 0.25) is 0 Å². The van der Waals surface area contributed by atoms with Crippen molar-refractivity contribution < 1.29 is 22.0 Å². The Kier molecular flexibility index (Phi) is 4.83. The normalized spacial score (nSPS) is 20.8. The van der Waals surface area contributed by atoms with Crippen LogP contribution >= 0.6 is 15.9 Å². The molecule has 0 unspecified atom stereocenters. The van der Waals surface area contributed by atoms with Crippen molar-refractivity contribution in [3.63, 3.8) is 0 Å². The summed E-state index contributed by atoms with van der Waals surface area (Å²) in [5.74, 6) is -4.50. The highest BCUT2D eigenvalue weighted by Crippen LogP contribution is 2.44. The van der Waals surface area contributed by atoms with Crippen LogP contribution in [-0.2, 0) is 12.1 Å². The number of halogens is 6. The number of alkyl halides is 5. The predicted molar refractivity (Wildman–Crippen MR) is 94.3 cm³/mol. The zero-order valence-electron chi connectivity index (χ0n) is 15.1. The van der Waals surface area contributed by atoms with Gasteiger partial charge in [-0.15, -0.1) is 5.10 Å². The Labute approximate surface area is 165 Å². The van der Waals surface area contributed by atoms with Gasteiger partial charge >= 0.3 is 12.1 Å². The number of nitrogens with one attached hydrogen (secondary N) is 1. The fraction of sp³-hybridized carbons (Fsp3) is 0.562. The number of nitrogens with zero attached hydrogens (tertiary/aromatic N) is 5. The second-order valence-electron chi connectivity index (χ2n) is 7.04. The molecule has 152 valence electrons. The number of fused-ring (bicyclic) bond motifs is 1. The lowest BCUT2D eigenvalue weighted by molar-refractivity contribution is -0.138. The fourth-order valence-electron chi connectivity index (χ4n) is 3.22. The zero-order valence-corrected chi connectivity index (χ0v) is 16.7. The Bertz CT molecular complexity index is 973. The molecule has 0 spiro atoms. The molecule has 3 rings (SSSR count). The third-order valence-corrected chi connectivity index (χ3v) is 5.61. The van der Waals surface area contributed by atoms with Gasteiger partial charge in [-0.1, -0.05) is 0 Å².